The van der Waals surface area contributed by atoms with E-state index in [2.05, 4.69) is 27.7 Å². The van der Waals surface area contributed by atoms with Crippen molar-refractivity contribution in [2.75, 3.05) is 17.2 Å². The Morgan fingerprint density at radius 2 is 2.00 bits per heavy atom. The summed E-state index contributed by atoms with van der Waals surface area (Å²) in [7, 11) is 0. The summed E-state index contributed by atoms with van der Waals surface area (Å²) in [6.45, 7) is 2.99. The van der Waals surface area contributed by atoms with Crippen LogP contribution in [0.4, 0.5) is 5.69 Å². The lowest BCUT2D eigenvalue weighted by Crippen LogP contribution is -2.32. The Balaban J connectivity index is 1.49. The standard InChI is InChI=1S/C20H19N5O2S/c1-2-24(18-11-5-8-15-7-3-4-10-17(15)18)19(26)14-28-20-21-22-23-25(20)13-16-9-6-12-27-16/h3-12H,2,13-14H2,1H3. The first-order valence-electron chi connectivity index (χ1n) is 8.95. The highest BCUT2D eigenvalue weighted by Gasteiger charge is 2.18. The van der Waals surface area contributed by atoms with E-state index in [1.807, 2.05) is 49.4 Å². The topological polar surface area (TPSA) is 77.1 Å². The van der Waals surface area contributed by atoms with Crippen molar-refractivity contribution in [2.24, 2.45) is 0 Å². The molecule has 4 rings (SSSR count). The number of carbonyl (C=O) groups is 1. The average Bonchev–Trinajstić information content (AvgIpc) is 3.39. The largest absolute Gasteiger partial charge is 0.467 e. The molecule has 1 amide bonds. The van der Waals surface area contributed by atoms with Crippen LogP contribution in [0.2, 0.25) is 0 Å². The zero-order chi connectivity index (χ0) is 19.3. The SMILES string of the molecule is CCN(C(=O)CSc1nnnn1Cc1ccco1)c1cccc2ccccc12. The van der Waals surface area contributed by atoms with Gasteiger partial charge in [-0.3, -0.25) is 4.79 Å². The number of furan rings is 1. The molecule has 0 unspecified atom stereocenters. The molecule has 28 heavy (non-hydrogen) atoms. The lowest BCUT2D eigenvalue weighted by molar-refractivity contribution is -0.116. The highest BCUT2D eigenvalue weighted by molar-refractivity contribution is 7.99. The first-order chi connectivity index (χ1) is 13.8. The van der Waals surface area contributed by atoms with E-state index >= 15 is 0 Å². The van der Waals surface area contributed by atoms with Crippen LogP contribution in [0, 0.1) is 0 Å². The number of nitrogens with zero attached hydrogens (tertiary/aromatic N) is 5. The zero-order valence-corrected chi connectivity index (χ0v) is 16.2. The van der Waals surface area contributed by atoms with E-state index in [4.69, 9.17) is 4.42 Å². The minimum absolute atomic E-state index is 0.0106. The van der Waals surface area contributed by atoms with E-state index in [0.29, 0.717) is 18.2 Å². The van der Waals surface area contributed by atoms with Gasteiger partial charge in [-0.25, -0.2) is 4.68 Å². The molecule has 0 saturated heterocycles. The van der Waals surface area contributed by atoms with E-state index in [-0.39, 0.29) is 11.7 Å². The molecule has 0 radical (unpaired) electrons. The minimum atomic E-state index is 0.0106. The van der Waals surface area contributed by atoms with Gasteiger partial charge < -0.3 is 9.32 Å². The minimum Gasteiger partial charge on any atom is -0.467 e. The Labute approximate surface area is 166 Å². The molecule has 2 aromatic carbocycles. The van der Waals surface area contributed by atoms with E-state index < -0.39 is 0 Å². The average molecular weight is 393 g/mol. The predicted octanol–water partition coefficient (Wildman–Crippen LogP) is 3.61. The summed E-state index contributed by atoms with van der Waals surface area (Å²) in [6.07, 6.45) is 1.61. The fourth-order valence-corrected chi connectivity index (χ4v) is 3.83. The molecule has 7 nitrogen and oxygen atoms in total. The van der Waals surface area contributed by atoms with Crippen LogP contribution in [0.15, 0.2) is 70.4 Å². The number of carbonyl (C=O) groups excluding carboxylic acids is 1. The molecular formula is C20H19N5O2S. The number of thioether (sulfide) groups is 1. The monoisotopic (exact) mass is 393 g/mol. The van der Waals surface area contributed by atoms with Crippen LogP contribution in [-0.4, -0.2) is 38.4 Å². The van der Waals surface area contributed by atoms with Crippen molar-refractivity contribution in [3.05, 3.63) is 66.6 Å². The lowest BCUT2D eigenvalue weighted by atomic mass is 10.1. The number of tetrazole rings is 1. The van der Waals surface area contributed by atoms with Crippen molar-refractivity contribution in [1.29, 1.82) is 0 Å². The van der Waals surface area contributed by atoms with Crippen molar-refractivity contribution in [3.63, 3.8) is 0 Å². The van der Waals surface area contributed by atoms with Crippen molar-refractivity contribution in [1.82, 2.24) is 20.2 Å². The Morgan fingerprint density at radius 1 is 1.14 bits per heavy atom. The summed E-state index contributed by atoms with van der Waals surface area (Å²) in [5, 5.41) is 14.5. The van der Waals surface area contributed by atoms with Crippen molar-refractivity contribution < 1.29 is 9.21 Å². The normalized spacial score (nSPS) is 11.0. The summed E-state index contributed by atoms with van der Waals surface area (Å²) in [6, 6.07) is 17.8. The highest BCUT2D eigenvalue weighted by Crippen LogP contribution is 2.27. The quantitative estimate of drug-likeness (QED) is 0.447. The number of anilines is 1. The van der Waals surface area contributed by atoms with Gasteiger partial charge in [-0.1, -0.05) is 48.2 Å². The number of benzene rings is 2. The Morgan fingerprint density at radius 3 is 2.82 bits per heavy atom. The molecule has 0 spiro atoms. The molecule has 0 fully saturated rings. The second-order valence-corrected chi connectivity index (χ2v) is 7.07. The maximum atomic E-state index is 13.0. The van der Waals surface area contributed by atoms with Gasteiger partial charge >= 0.3 is 0 Å². The number of fused-ring (bicyclic) bond motifs is 1. The molecule has 0 aliphatic rings. The fraction of sp³-hybridized carbons (Fsp3) is 0.200. The van der Waals surface area contributed by atoms with Crippen LogP contribution in [0.1, 0.15) is 12.7 Å². The maximum absolute atomic E-state index is 13.0. The molecule has 0 saturated carbocycles. The number of hydrogen-bond donors (Lipinski definition) is 0. The zero-order valence-electron chi connectivity index (χ0n) is 15.4. The third-order valence-electron chi connectivity index (χ3n) is 4.38. The van der Waals surface area contributed by atoms with E-state index in [1.54, 1.807) is 15.8 Å². The van der Waals surface area contributed by atoms with Gasteiger partial charge in [0.25, 0.3) is 0 Å². The van der Waals surface area contributed by atoms with E-state index in [1.165, 1.54) is 11.8 Å². The van der Waals surface area contributed by atoms with Gasteiger partial charge in [0.05, 0.1) is 17.7 Å². The van der Waals surface area contributed by atoms with Gasteiger partial charge in [-0.15, -0.1) is 5.10 Å². The third kappa shape index (κ3) is 3.77. The van der Waals surface area contributed by atoms with Gasteiger partial charge in [0.2, 0.25) is 11.1 Å². The molecular weight excluding hydrogens is 374 g/mol. The summed E-state index contributed by atoms with van der Waals surface area (Å²) in [5.74, 6) is 1.01. The molecule has 0 atom stereocenters. The van der Waals surface area contributed by atoms with E-state index in [0.717, 1.165) is 22.2 Å². The molecule has 0 aliphatic carbocycles. The van der Waals surface area contributed by atoms with Crippen molar-refractivity contribution in [3.8, 4) is 0 Å². The lowest BCUT2D eigenvalue weighted by Gasteiger charge is -2.22. The maximum Gasteiger partial charge on any atom is 0.237 e. The summed E-state index contributed by atoms with van der Waals surface area (Å²) in [5.41, 5.74) is 0.918. The van der Waals surface area contributed by atoms with Crippen LogP contribution in [0.5, 0.6) is 0 Å². The van der Waals surface area contributed by atoms with Crippen LogP contribution in [-0.2, 0) is 11.3 Å². The van der Waals surface area contributed by atoms with Crippen molar-refractivity contribution in [2.45, 2.75) is 18.6 Å². The van der Waals surface area contributed by atoms with Gasteiger partial charge in [0, 0.05) is 11.9 Å². The molecule has 8 heteroatoms. The smallest absolute Gasteiger partial charge is 0.237 e. The summed E-state index contributed by atoms with van der Waals surface area (Å²) in [4.78, 5) is 14.8. The fourth-order valence-electron chi connectivity index (χ4n) is 3.08. The molecule has 0 aliphatic heterocycles. The van der Waals surface area contributed by atoms with Gasteiger partial charge in [-0.2, -0.15) is 0 Å². The summed E-state index contributed by atoms with van der Waals surface area (Å²) < 4.78 is 6.97. The Bertz CT molecular complexity index is 1070. The number of hydrogen-bond acceptors (Lipinski definition) is 6. The second kappa shape index (κ2) is 8.26. The third-order valence-corrected chi connectivity index (χ3v) is 5.33. The van der Waals surface area contributed by atoms with Gasteiger partial charge in [0.15, 0.2) is 0 Å². The number of amides is 1. The van der Waals surface area contributed by atoms with Crippen molar-refractivity contribution >= 4 is 34.1 Å². The molecule has 2 aromatic heterocycles. The van der Waals surface area contributed by atoms with Crippen LogP contribution >= 0.6 is 11.8 Å². The molecule has 2 heterocycles. The first-order valence-corrected chi connectivity index (χ1v) is 9.94. The van der Waals surface area contributed by atoms with Gasteiger partial charge in [0.1, 0.15) is 12.3 Å². The highest BCUT2D eigenvalue weighted by atomic mass is 32.2. The Hall–Kier alpha value is -3.13. The number of rotatable bonds is 7. The van der Waals surface area contributed by atoms with Gasteiger partial charge in [-0.05, 0) is 40.9 Å². The Kier molecular flexibility index (Phi) is 5.38. The van der Waals surface area contributed by atoms with Crippen LogP contribution < -0.4 is 4.90 Å². The molecule has 4 aromatic rings. The second-order valence-electron chi connectivity index (χ2n) is 6.12. The predicted molar refractivity (Wildman–Crippen MR) is 108 cm³/mol. The van der Waals surface area contributed by atoms with Crippen LogP contribution in [0.25, 0.3) is 10.8 Å². The molecule has 142 valence electrons. The molecule has 0 bridgehead atoms. The molecule has 0 N–H and O–H groups in total. The number of aromatic nitrogens is 4. The first kappa shape index (κ1) is 18.2. The van der Waals surface area contributed by atoms with E-state index in [9.17, 15) is 4.79 Å². The van der Waals surface area contributed by atoms with Crippen LogP contribution in [0.3, 0.4) is 0 Å². The summed E-state index contributed by atoms with van der Waals surface area (Å²) >= 11 is 1.32.